The fourth-order valence-corrected chi connectivity index (χ4v) is 1.92. The fraction of sp³-hybridized carbons (Fsp3) is 0.250. The Kier molecular flexibility index (Phi) is 17.7. The molecule has 0 aliphatic rings. The van der Waals surface area contributed by atoms with E-state index in [1.54, 1.807) is 0 Å². The third-order valence-electron chi connectivity index (χ3n) is 3.08. The predicted octanol–water partition coefficient (Wildman–Crippen LogP) is 4.84. The molecule has 2 rings (SSSR count). The second kappa shape index (κ2) is 15.3. The van der Waals surface area contributed by atoms with E-state index in [0.717, 1.165) is 48.7 Å². The molecule has 0 atom stereocenters. The topological polar surface area (TPSA) is 76.1 Å². The van der Waals surface area contributed by atoms with Gasteiger partial charge in [0.15, 0.2) is 0 Å². The molecule has 4 nitrogen and oxygen atoms in total. The number of rotatable bonds is 7. The van der Waals surface area contributed by atoms with Gasteiger partial charge in [-0.15, -0.1) is 49.6 Å². The Morgan fingerprint density at radius 2 is 0.833 bits per heavy atom. The zero-order chi connectivity index (χ0) is 14.2. The van der Waals surface area contributed by atoms with E-state index >= 15 is 0 Å². The SMILES string of the molecule is Cl.Cl.Cl.Cl.Nc1ccc(NCCCCNc2ccc(N)cc2)cc1. The molecule has 0 aromatic heterocycles. The van der Waals surface area contributed by atoms with Crippen molar-refractivity contribution in [2.24, 2.45) is 0 Å². The van der Waals surface area contributed by atoms with Crippen LogP contribution in [-0.2, 0) is 0 Å². The summed E-state index contributed by atoms with van der Waals surface area (Å²) >= 11 is 0. The van der Waals surface area contributed by atoms with Gasteiger partial charge in [0.05, 0.1) is 0 Å². The van der Waals surface area contributed by atoms with Crippen molar-refractivity contribution in [3.05, 3.63) is 48.5 Å². The lowest BCUT2D eigenvalue weighted by molar-refractivity contribution is 0.796. The molecule has 0 aliphatic heterocycles. The van der Waals surface area contributed by atoms with Gasteiger partial charge >= 0.3 is 0 Å². The minimum absolute atomic E-state index is 0. The molecule has 138 valence electrons. The first-order valence-corrected chi connectivity index (χ1v) is 6.93. The predicted molar refractivity (Wildman–Crippen MR) is 117 cm³/mol. The largest absolute Gasteiger partial charge is 0.399 e. The van der Waals surface area contributed by atoms with Gasteiger partial charge in [-0.25, -0.2) is 0 Å². The Bertz CT molecular complexity index is 471. The van der Waals surface area contributed by atoms with Crippen LogP contribution >= 0.6 is 49.6 Å². The van der Waals surface area contributed by atoms with Crippen molar-refractivity contribution in [3.8, 4) is 0 Å². The lowest BCUT2D eigenvalue weighted by atomic mass is 10.2. The van der Waals surface area contributed by atoms with E-state index < -0.39 is 0 Å². The van der Waals surface area contributed by atoms with Crippen LogP contribution in [0.4, 0.5) is 22.7 Å². The second-order valence-corrected chi connectivity index (χ2v) is 4.80. The highest BCUT2D eigenvalue weighted by Gasteiger charge is 1.94. The van der Waals surface area contributed by atoms with E-state index in [1.165, 1.54) is 0 Å². The summed E-state index contributed by atoms with van der Waals surface area (Å²) in [6.07, 6.45) is 2.23. The highest BCUT2D eigenvalue weighted by molar-refractivity contribution is 5.86. The maximum Gasteiger partial charge on any atom is 0.0341 e. The lowest BCUT2D eigenvalue weighted by Crippen LogP contribution is -2.06. The van der Waals surface area contributed by atoms with Gasteiger partial charge in [-0.1, -0.05) is 0 Å². The summed E-state index contributed by atoms with van der Waals surface area (Å²) in [5.74, 6) is 0. The van der Waals surface area contributed by atoms with Crippen molar-refractivity contribution in [1.82, 2.24) is 0 Å². The summed E-state index contributed by atoms with van der Waals surface area (Å²) in [5.41, 5.74) is 15.1. The van der Waals surface area contributed by atoms with Crippen LogP contribution in [-0.4, -0.2) is 13.1 Å². The summed E-state index contributed by atoms with van der Waals surface area (Å²) in [7, 11) is 0. The molecule has 0 saturated heterocycles. The summed E-state index contributed by atoms with van der Waals surface area (Å²) in [6, 6.07) is 15.6. The average Bonchev–Trinajstić information content (AvgIpc) is 2.46. The molecule has 24 heavy (non-hydrogen) atoms. The van der Waals surface area contributed by atoms with E-state index in [9.17, 15) is 0 Å². The minimum Gasteiger partial charge on any atom is -0.399 e. The third kappa shape index (κ3) is 10.6. The number of unbranched alkanes of at least 4 members (excludes halogenated alkanes) is 1. The zero-order valence-corrected chi connectivity index (χ0v) is 16.5. The molecule has 0 saturated carbocycles. The van der Waals surface area contributed by atoms with E-state index in [4.69, 9.17) is 11.5 Å². The number of halogens is 4. The van der Waals surface area contributed by atoms with E-state index in [1.807, 2.05) is 48.5 Å². The number of hydrogen-bond acceptors (Lipinski definition) is 4. The van der Waals surface area contributed by atoms with Gasteiger partial charge in [-0.3, -0.25) is 0 Å². The fourth-order valence-electron chi connectivity index (χ4n) is 1.92. The molecule has 0 radical (unpaired) electrons. The maximum atomic E-state index is 5.64. The average molecular weight is 416 g/mol. The molecule has 0 aliphatic carbocycles. The van der Waals surface area contributed by atoms with Crippen molar-refractivity contribution in [3.63, 3.8) is 0 Å². The third-order valence-corrected chi connectivity index (χ3v) is 3.08. The van der Waals surface area contributed by atoms with Gasteiger partial charge in [-0.05, 0) is 61.4 Å². The molecule has 0 unspecified atom stereocenters. The standard InChI is InChI=1S/C16H22N4.4ClH/c17-13-3-7-15(8-4-13)19-11-1-2-12-20-16-9-5-14(18)6-10-16;;;;/h3-10,19-20H,1-2,11-12,17-18H2;4*1H. The summed E-state index contributed by atoms with van der Waals surface area (Å²) < 4.78 is 0. The van der Waals surface area contributed by atoms with Crippen molar-refractivity contribution in [2.75, 3.05) is 35.2 Å². The van der Waals surface area contributed by atoms with E-state index in [-0.39, 0.29) is 49.6 Å². The van der Waals surface area contributed by atoms with E-state index in [0.29, 0.717) is 0 Å². The summed E-state index contributed by atoms with van der Waals surface area (Å²) in [4.78, 5) is 0. The van der Waals surface area contributed by atoms with Crippen LogP contribution in [0.25, 0.3) is 0 Å². The van der Waals surface area contributed by atoms with Gasteiger partial charge in [0.2, 0.25) is 0 Å². The molecule has 6 N–H and O–H groups in total. The first-order chi connectivity index (χ1) is 9.74. The maximum absolute atomic E-state index is 5.64. The van der Waals surface area contributed by atoms with Gasteiger partial charge in [0.1, 0.15) is 0 Å². The smallest absolute Gasteiger partial charge is 0.0341 e. The molecule has 2 aromatic rings. The molecule has 8 heteroatoms. The van der Waals surface area contributed by atoms with Crippen molar-refractivity contribution >= 4 is 72.4 Å². The molecular formula is C16H26Cl4N4. The summed E-state index contributed by atoms with van der Waals surface area (Å²) in [6.45, 7) is 1.93. The monoisotopic (exact) mass is 414 g/mol. The number of nitrogens with one attached hydrogen (secondary N) is 2. The Morgan fingerprint density at radius 1 is 0.542 bits per heavy atom. The molecule has 0 spiro atoms. The zero-order valence-electron chi connectivity index (χ0n) is 13.2. The van der Waals surface area contributed by atoms with Crippen LogP contribution in [0.3, 0.4) is 0 Å². The van der Waals surface area contributed by atoms with Crippen LogP contribution in [0.1, 0.15) is 12.8 Å². The normalized spacial score (nSPS) is 8.50. The molecule has 0 fully saturated rings. The van der Waals surface area contributed by atoms with Gasteiger partial charge in [0, 0.05) is 35.8 Å². The highest BCUT2D eigenvalue weighted by atomic mass is 35.5. The van der Waals surface area contributed by atoms with Crippen LogP contribution < -0.4 is 22.1 Å². The Labute approximate surface area is 168 Å². The molecule has 2 aromatic carbocycles. The highest BCUT2D eigenvalue weighted by Crippen LogP contribution is 2.11. The summed E-state index contributed by atoms with van der Waals surface area (Å²) in [5, 5.41) is 6.76. The van der Waals surface area contributed by atoms with Gasteiger partial charge < -0.3 is 22.1 Å². The minimum atomic E-state index is 0. The molecule has 0 heterocycles. The van der Waals surface area contributed by atoms with Gasteiger partial charge in [-0.2, -0.15) is 0 Å². The lowest BCUT2D eigenvalue weighted by Gasteiger charge is -2.08. The second-order valence-electron chi connectivity index (χ2n) is 4.80. The molecule has 0 bridgehead atoms. The Hall–Kier alpha value is -1.20. The molecule has 0 amide bonds. The number of benzene rings is 2. The first-order valence-electron chi connectivity index (χ1n) is 6.93. The van der Waals surface area contributed by atoms with Crippen LogP contribution in [0.15, 0.2) is 48.5 Å². The van der Waals surface area contributed by atoms with E-state index in [2.05, 4.69) is 10.6 Å². The first kappa shape index (κ1) is 27.6. The van der Waals surface area contributed by atoms with Crippen molar-refractivity contribution in [1.29, 1.82) is 0 Å². The number of hydrogen-bond donors (Lipinski definition) is 4. The number of anilines is 4. The van der Waals surface area contributed by atoms with Gasteiger partial charge in [0.25, 0.3) is 0 Å². The Balaban J connectivity index is -0.00000110. The number of nitrogen functional groups attached to an aromatic ring is 2. The van der Waals surface area contributed by atoms with Crippen LogP contribution in [0.2, 0.25) is 0 Å². The molecular weight excluding hydrogens is 390 g/mol. The van der Waals surface area contributed by atoms with Crippen molar-refractivity contribution in [2.45, 2.75) is 12.8 Å². The number of nitrogens with two attached hydrogens (primary N) is 2. The van der Waals surface area contributed by atoms with Crippen LogP contribution in [0.5, 0.6) is 0 Å². The Morgan fingerprint density at radius 3 is 1.12 bits per heavy atom. The van der Waals surface area contributed by atoms with Crippen LogP contribution in [0, 0.1) is 0 Å². The van der Waals surface area contributed by atoms with Crippen molar-refractivity contribution < 1.29 is 0 Å². The quantitative estimate of drug-likeness (QED) is 0.385.